The molecule has 0 saturated carbocycles. The van der Waals surface area contributed by atoms with Gasteiger partial charge in [-0.1, -0.05) is 30.3 Å². The van der Waals surface area contributed by atoms with Crippen LogP contribution in [0.1, 0.15) is 18.9 Å². The second-order valence-electron chi connectivity index (χ2n) is 5.07. The van der Waals surface area contributed by atoms with Gasteiger partial charge in [-0.2, -0.15) is 0 Å². The fourth-order valence-electron chi connectivity index (χ4n) is 2.15. The SMILES string of the molecule is COc1ccc(-c2cccc(CCC(C)N)c2)cc1F. The fourth-order valence-corrected chi connectivity index (χ4v) is 2.15. The lowest BCUT2D eigenvalue weighted by Gasteiger charge is -2.09. The van der Waals surface area contributed by atoms with Gasteiger partial charge in [-0.3, -0.25) is 0 Å². The minimum atomic E-state index is -0.342. The number of aryl methyl sites for hydroxylation is 1. The Balaban J connectivity index is 2.24. The van der Waals surface area contributed by atoms with Crippen molar-refractivity contribution in [2.24, 2.45) is 5.73 Å². The van der Waals surface area contributed by atoms with Crippen LogP contribution in [0.3, 0.4) is 0 Å². The predicted octanol–water partition coefficient (Wildman–Crippen LogP) is 3.78. The summed E-state index contributed by atoms with van der Waals surface area (Å²) in [4.78, 5) is 0. The van der Waals surface area contributed by atoms with E-state index in [-0.39, 0.29) is 17.6 Å². The van der Waals surface area contributed by atoms with E-state index in [1.807, 2.05) is 25.1 Å². The molecule has 0 aliphatic heterocycles. The van der Waals surface area contributed by atoms with Crippen LogP contribution in [-0.2, 0) is 6.42 Å². The summed E-state index contributed by atoms with van der Waals surface area (Å²) >= 11 is 0. The van der Waals surface area contributed by atoms with E-state index in [0.717, 1.165) is 24.0 Å². The number of hydrogen-bond acceptors (Lipinski definition) is 2. The van der Waals surface area contributed by atoms with E-state index >= 15 is 0 Å². The molecule has 2 aromatic rings. The number of hydrogen-bond donors (Lipinski definition) is 1. The first-order valence-corrected chi connectivity index (χ1v) is 6.78. The van der Waals surface area contributed by atoms with E-state index in [1.165, 1.54) is 18.7 Å². The zero-order valence-corrected chi connectivity index (χ0v) is 11.9. The molecule has 0 saturated heterocycles. The van der Waals surface area contributed by atoms with Crippen molar-refractivity contribution in [3.63, 3.8) is 0 Å². The van der Waals surface area contributed by atoms with Gasteiger partial charge in [0.15, 0.2) is 11.6 Å². The Labute approximate surface area is 119 Å². The smallest absolute Gasteiger partial charge is 0.165 e. The predicted molar refractivity (Wildman–Crippen MR) is 80.4 cm³/mol. The first-order chi connectivity index (χ1) is 9.60. The molecule has 1 unspecified atom stereocenters. The number of nitrogens with two attached hydrogens (primary N) is 1. The third-order valence-electron chi connectivity index (χ3n) is 3.30. The number of ether oxygens (including phenoxy) is 1. The summed E-state index contributed by atoms with van der Waals surface area (Å²) in [5, 5.41) is 0. The molecule has 20 heavy (non-hydrogen) atoms. The summed E-state index contributed by atoms with van der Waals surface area (Å²) < 4.78 is 18.7. The van der Waals surface area contributed by atoms with E-state index in [9.17, 15) is 4.39 Å². The molecule has 0 amide bonds. The van der Waals surface area contributed by atoms with Gasteiger partial charge in [0.05, 0.1) is 7.11 Å². The highest BCUT2D eigenvalue weighted by Gasteiger charge is 2.06. The summed E-state index contributed by atoms with van der Waals surface area (Å²) in [6.07, 6.45) is 1.88. The highest BCUT2D eigenvalue weighted by Crippen LogP contribution is 2.26. The molecule has 2 rings (SSSR count). The molecule has 0 aromatic heterocycles. The van der Waals surface area contributed by atoms with Gasteiger partial charge in [0.1, 0.15) is 0 Å². The van der Waals surface area contributed by atoms with E-state index in [4.69, 9.17) is 10.5 Å². The van der Waals surface area contributed by atoms with Crippen LogP contribution in [0.25, 0.3) is 11.1 Å². The molecule has 0 radical (unpaired) electrons. The Kier molecular flexibility index (Phi) is 4.74. The molecule has 3 heteroatoms. The summed E-state index contributed by atoms with van der Waals surface area (Å²) in [6, 6.07) is 13.4. The van der Waals surface area contributed by atoms with Gasteiger partial charge in [0.25, 0.3) is 0 Å². The second-order valence-corrected chi connectivity index (χ2v) is 5.07. The lowest BCUT2D eigenvalue weighted by Crippen LogP contribution is -2.15. The van der Waals surface area contributed by atoms with E-state index in [1.54, 1.807) is 6.07 Å². The maximum atomic E-state index is 13.7. The maximum Gasteiger partial charge on any atom is 0.165 e. The molecule has 0 aliphatic carbocycles. The zero-order chi connectivity index (χ0) is 14.5. The Morgan fingerprint density at radius 2 is 1.90 bits per heavy atom. The number of methoxy groups -OCH3 is 1. The first kappa shape index (κ1) is 14.5. The number of benzene rings is 2. The van der Waals surface area contributed by atoms with Gasteiger partial charge in [-0.05, 0) is 48.6 Å². The van der Waals surface area contributed by atoms with Crippen LogP contribution in [0, 0.1) is 5.82 Å². The van der Waals surface area contributed by atoms with E-state index < -0.39 is 0 Å². The average Bonchev–Trinajstić information content (AvgIpc) is 2.45. The molecule has 0 heterocycles. The largest absolute Gasteiger partial charge is 0.494 e. The van der Waals surface area contributed by atoms with Crippen LogP contribution in [0.15, 0.2) is 42.5 Å². The lowest BCUT2D eigenvalue weighted by atomic mass is 9.99. The molecule has 1 atom stereocenters. The molecular weight excluding hydrogens is 253 g/mol. The van der Waals surface area contributed by atoms with Crippen LogP contribution in [0.5, 0.6) is 5.75 Å². The Bertz CT molecular complexity index is 581. The number of rotatable bonds is 5. The summed E-state index contributed by atoms with van der Waals surface area (Å²) in [7, 11) is 1.46. The lowest BCUT2D eigenvalue weighted by molar-refractivity contribution is 0.386. The standard InChI is InChI=1S/C17H20FNO/c1-12(19)6-7-13-4-3-5-14(10-13)15-8-9-17(20-2)16(18)11-15/h3-5,8-12H,6-7,19H2,1-2H3. The maximum absolute atomic E-state index is 13.7. The van der Waals surface area contributed by atoms with Gasteiger partial charge in [0, 0.05) is 6.04 Å². The van der Waals surface area contributed by atoms with Crippen molar-refractivity contribution in [3.05, 3.63) is 53.8 Å². The minimum absolute atomic E-state index is 0.192. The van der Waals surface area contributed by atoms with Gasteiger partial charge < -0.3 is 10.5 Å². The molecule has 2 N–H and O–H groups in total. The quantitative estimate of drug-likeness (QED) is 0.899. The second kappa shape index (κ2) is 6.53. The molecule has 0 spiro atoms. The van der Waals surface area contributed by atoms with Crippen molar-refractivity contribution in [1.29, 1.82) is 0 Å². The summed E-state index contributed by atoms with van der Waals surface area (Å²) in [5.41, 5.74) is 8.86. The molecule has 0 aliphatic rings. The van der Waals surface area contributed by atoms with Crippen molar-refractivity contribution < 1.29 is 9.13 Å². The molecule has 2 nitrogen and oxygen atoms in total. The Morgan fingerprint density at radius 1 is 1.15 bits per heavy atom. The zero-order valence-electron chi connectivity index (χ0n) is 11.9. The van der Waals surface area contributed by atoms with Crippen LogP contribution < -0.4 is 10.5 Å². The topological polar surface area (TPSA) is 35.2 Å². The normalized spacial score (nSPS) is 12.2. The van der Waals surface area contributed by atoms with Crippen molar-refractivity contribution in [2.75, 3.05) is 7.11 Å². The van der Waals surface area contributed by atoms with Gasteiger partial charge in [0.2, 0.25) is 0 Å². The minimum Gasteiger partial charge on any atom is -0.494 e. The summed E-state index contributed by atoms with van der Waals surface area (Å²) in [5.74, 6) is -0.0761. The molecule has 0 bridgehead atoms. The number of halogens is 1. The van der Waals surface area contributed by atoms with Gasteiger partial charge >= 0.3 is 0 Å². The van der Waals surface area contributed by atoms with Crippen LogP contribution in [-0.4, -0.2) is 13.2 Å². The van der Waals surface area contributed by atoms with Crippen molar-refractivity contribution in [1.82, 2.24) is 0 Å². The van der Waals surface area contributed by atoms with E-state index in [0.29, 0.717) is 0 Å². The Hall–Kier alpha value is -1.87. The highest BCUT2D eigenvalue weighted by molar-refractivity contribution is 5.65. The van der Waals surface area contributed by atoms with Crippen molar-refractivity contribution in [3.8, 4) is 16.9 Å². The van der Waals surface area contributed by atoms with Crippen LogP contribution >= 0.6 is 0 Å². The van der Waals surface area contributed by atoms with Crippen LogP contribution in [0.2, 0.25) is 0 Å². The fraction of sp³-hybridized carbons (Fsp3) is 0.294. The third-order valence-corrected chi connectivity index (χ3v) is 3.30. The monoisotopic (exact) mass is 273 g/mol. The third kappa shape index (κ3) is 3.58. The van der Waals surface area contributed by atoms with E-state index in [2.05, 4.69) is 12.1 Å². The van der Waals surface area contributed by atoms with Gasteiger partial charge in [-0.25, -0.2) is 4.39 Å². The molecule has 2 aromatic carbocycles. The van der Waals surface area contributed by atoms with Crippen molar-refractivity contribution >= 4 is 0 Å². The van der Waals surface area contributed by atoms with Gasteiger partial charge in [-0.15, -0.1) is 0 Å². The van der Waals surface area contributed by atoms with Crippen molar-refractivity contribution in [2.45, 2.75) is 25.8 Å². The Morgan fingerprint density at radius 3 is 2.55 bits per heavy atom. The average molecular weight is 273 g/mol. The first-order valence-electron chi connectivity index (χ1n) is 6.78. The summed E-state index contributed by atoms with van der Waals surface area (Å²) in [6.45, 7) is 2.00. The highest BCUT2D eigenvalue weighted by atomic mass is 19.1. The molecule has 0 fully saturated rings. The molecule has 106 valence electrons. The molecular formula is C17H20FNO. The van der Waals surface area contributed by atoms with Crippen LogP contribution in [0.4, 0.5) is 4.39 Å².